The van der Waals surface area contributed by atoms with E-state index >= 15 is 0 Å². The number of hydrogen-bond acceptors (Lipinski definition) is 4. The first-order chi connectivity index (χ1) is 16.7. The molecule has 168 valence electrons. The minimum Gasteiger partial charge on any atom is -0.369 e. The van der Waals surface area contributed by atoms with Crippen molar-refractivity contribution in [3.05, 3.63) is 97.2 Å². The van der Waals surface area contributed by atoms with Crippen molar-refractivity contribution < 1.29 is 0 Å². The van der Waals surface area contributed by atoms with Crippen LogP contribution in [0.15, 0.2) is 97.2 Å². The van der Waals surface area contributed by atoms with Crippen LogP contribution in [0, 0.1) is 0 Å². The van der Waals surface area contributed by atoms with Crippen LogP contribution in [0.1, 0.15) is 0 Å². The number of fused-ring (bicyclic) bond motifs is 2. The van der Waals surface area contributed by atoms with E-state index in [1.807, 2.05) is 6.20 Å². The number of nitrogens with zero attached hydrogens (tertiary/aromatic N) is 3. The average Bonchev–Trinajstić information content (AvgIpc) is 2.89. The molecule has 1 aliphatic rings. The molecule has 0 bridgehead atoms. The van der Waals surface area contributed by atoms with E-state index in [2.05, 4.69) is 118 Å². The standard InChI is InChI=1S/C30H28N4/c1-33-17-19-34(20-18-33)25-12-10-24(11-13-25)32-30-15-16-31-29-14-9-23(21-28(29)30)27-8-4-6-22-5-2-3-7-26(22)27/h2-16,21H,17-20H2,1H3,(H,31,32). The van der Waals surface area contributed by atoms with Gasteiger partial charge in [0.2, 0.25) is 0 Å². The van der Waals surface area contributed by atoms with Crippen LogP contribution in [0.4, 0.5) is 17.1 Å². The van der Waals surface area contributed by atoms with Gasteiger partial charge >= 0.3 is 0 Å². The Morgan fingerprint density at radius 3 is 2.38 bits per heavy atom. The van der Waals surface area contributed by atoms with E-state index in [1.165, 1.54) is 27.6 Å². The summed E-state index contributed by atoms with van der Waals surface area (Å²) >= 11 is 0. The zero-order chi connectivity index (χ0) is 22.9. The van der Waals surface area contributed by atoms with Crippen LogP contribution in [0.3, 0.4) is 0 Å². The third-order valence-corrected chi connectivity index (χ3v) is 6.86. The molecule has 0 atom stereocenters. The molecule has 0 aliphatic carbocycles. The third kappa shape index (κ3) is 3.97. The van der Waals surface area contributed by atoms with Gasteiger partial charge in [-0.15, -0.1) is 0 Å². The maximum Gasteiger partial charge on any atom is 0.0723 e. The molecule has 34 heavy (non-hydrogen) atoms. The molecular formula is C30H28N4. The Labute approximate surface area is 200 Å². The summed E-state index contributed by atoms with van der Waals surface area (Å²) in [5.41, 5.74) is 6.87. The maximum absolute atomic E-state index is 4.61. The Bertz CT molecular complexity index is 1450. The van der Waals surface area contributed by atoms with Gasteiger partial charge < -0.3 is 15.1 Å². The molecule has 2 heterocycles. The number of anilines is 3. The van der Waals surface area contributed by atoms with Crippen molar-refractivity contribution in [1.82, 2.24) is 9.88 Å². The maximum atomic E-state index is 4.61. The fourth-order valence-corrected chi connectivity index (χ4v) is 4.88. The molecule has 4 aromatic carbocycles. The molecule has 0 spiro atoms. The van der Waals surface area contributed by atoms with E-state index in [0.29, 0.717) is 0 Å². The lowest BCUT2D eigenvalue weighted by Gasteiger charge is -2.34. The van der Waals surface area contributed by atoms with Crippen molar-refractivity contribution in [2.24, 2.45) is 0 Å². The summed E-state index contributed by atoms with van der Waals surface area (Å²) in [4.78, 5) is 9.45. The predicted molar refractivity (Wildman–Crippen MR) is 144 cm³/mol. The summed E-state index contributed by atoms with van der Waals surface area (Å²) in [5.74, 6) is 0. The van der Waals surface area contributed by atoms with Gasteiger partial charge in [0.15, 0.2) is 0 Å². The third-order valence-electron chi connectivity index (χ3n) is 6.86. The van der Waals surface area contributed by atoms with Crippen LogP contribution in [0.5, 0.6) is 0 Å². The lowest BCUT2D eigenvalue weighted by atomic mass is 9.97. The van der Waals surface area contributed by atoms with Crippen molar-refractivity contribution in [3.8, 4) is 11.1 Å². The van der Waals surface area contributed by atoms with Gasteiger partial charge in [0.05, 0.1) is 5.52 Å². The summed E-state index contributed by atoms with van der Waals surface area (Å²) in [6.07, 6.45) is 1.88. The molecule has 1 aromatic heterocycles. The van der Waals surface area contributed by atoms with E-state index in [9.17, 15) is 0 Å². The highest BCUT2D eigenvalue weighted by Gasteiger charge is 2.14. The lowest BCUT2D eigenvalue weighted by Crippen LogP contribution is -2.44. The minimum atomic E-state index is 0.989. The van der Waals surface area contributed by atoms with E-state index in [1.54, 1.807) is 0 Å². The monoisotopic (exact) mass is 444 g/mol. The molecule has 0 unspecified atom stereocenters. The lowest BCUT2D eigenvalue weighted by molar-refractivity contribution is 0.313. The normalized spacial score (nSPS) is 14.6. The highest BCUT2D eigenvalue weighted by atomic mass is 15.2. The number of benzene rings is 4. The predicted octanol–water partition coefficient (Wildman–Crippen LogP) is 6.55. The highest BCUT2D eigenvalue weighted by molar-refractivity contribution is 6.01. The molecule has 1 fully saturated rings. The number of hydrogen-bond donors (Lipinski definition) is 1. The van der Waals surface area contributed by atoms with Crippen LogP contribution in [0.2, 0.25) is 0 Å². The summed E-state index contributed by atoms with van der Waals surface area (Å²) in [5, 5.41) is 7.28. The Hall–Kier alpha value is -3.89. The van der Waals surface area contributed by atoms with Gasteiger partial charge in [-0.1, -0.05) is 48.5 Å². The number of nitrogens with one attached hydrogen (secondary N) is 1. The van der Waals surface area contributed by atoms with Gasteiger partial charge in [-0.2, -0.15) is 0 Å². The minimum absolute atomic E-state index is 0.989. The molecule has 1 aliphatic heterocycles. The fraction of sp³-hybridized carbons (Fsp3) is 0.167. The van der Waals surface area contributed by atoms with Crippen LogP contribution < -0.4 is 10.2 Å². The smallest absolute Gasteiger partial charge is 0.0723 e. The number of rotatable bonds is 4. The van der Waals surface area contributed by atoms with Gasteiger partial charge in [-0.25, -0.2) is 0 Å². The second-order valence-electron chi connectivity index (χ2n) is 9.08. The highest BCUT2D eigenvalue weighted by Crippen LogP contribution is 2.33. The molecule has 0 saturated carbocycles. The van der Waals surface area contributed by atoms with E-state index in [4.69, 9.17) is 0 Å². The molecule has 5 aromatic rings. The van der Waals surface area contributed by atoms with E-state index in [0.717, 1.165) is 48.5 Å². The second kappa shape index (κ2) is 8.81. The molecule has 1 N–H and O–H groups in total. The van der Waals surface area contributed by atoms with Crippen molar-refractivity contribution in [3.63, 3.8) is 0 Å². The first-order valence-electron chi connectivity index (χ1n) is 11.9. The first-order valence-corrected chi connectivity index (χ1v) is 11.9. The zero-order valence-corrected chi connectivity index (χ0v) is 19.4. The SMILES string of the molecule is CN1CCN(c2ccc(Nc3ccnc4ccc(-c5cccc6ccccc56)cc34)cc2)CC1. The summed E-state index contributed by atoms with van der Waals surface area (Å²) < 4.78 is 0. The summed E-state index contributed by atoms with van der Waals surface area (Å²) in [6.45, 7) is 4.38. The number of pyridine rings is 1. The fourth-order valence-electron chi connectivity index (χ4n) is 4.88. The van der Waals surface area contributed by atoms with Gasteiger partial charge in [-0.05, 0) is 71.4 Å². The number of likely N-dealkylation sites (N-methyl/N-ethyl adjacent to an activating group) is 1. The second-order valence-corrected chi connectivity index (χ2v) is 9.08. The summed E-state index contributed by atoms with van der Waals surface area (Å²) in [7, 11) is 2.19. The van der Waals surface area contributed by atoms with Crippen LogP contribution in [0.25, 0.3) is 32.8 Å². The van der Waals surface area contributed by atoms with E-state index in [-0.39, 0.29) is 0 Å². The number of aromatic nitrogens is 1. The molecule has 1 saturated heterocycles. The molecule has 0 radical (unpaired) electrons. The van der Waals surface area contributed by atoms with Crippen LogP contribution in [-0.4, -0.2) is 43.1 Å². The Morgan fingerprint density at radius 1 is 0.735 bits per heavy atom. The molecule has 4 nitrogen and oxygen atoms in total. The van der Waals surface area contributed by atoms with Crippen LogP contribution >= 0.6 is 0 Å². The Morgan fingerprint density at radius 2 is 1.53 bits per heavy atom. The van der Waals surface area contributed by atoms with Crippen molar-refractivity contribution in [2.75, 3.05) is 43.4 Å². The largest absolute Gasteiger partial charge is 0.369 e. The Kier molecular flexibility index (Phi) is 5.36. The molecule has 4 heteroatoms. The van der Waals surface area contributed by atoms with Crippen molar-refractivity contribution in [2.45, 2.75) is 0 Å². The van der Waals surface area contributed by atoms with Gasteiger partial charge in [0, 0.05) is 54.8 Å². The molecule has 6 rings (SSSR count). The number of piperazine rings is 1. The topological polar surface area (TPSA) is 31.4 Å². The average molecular weight is 445 g/mol. The zero-order valence-electron chi connectivity index (χ0n) is 19.4. The molecular weight excluding hydrogens is 416 g/mol. The first kappa shape index (κ1) is 20.7. The Balaban J connectivity index is 1.32. The van der Waals surface area contributed by atoms with E-state index < -0.39 is 0 Å². The molecule has 0 amide bonds. The van der Waals surface area contributed by atoms with Crippen LogP contribution in [-0.2, 0) is 0 Å². The quantitative estimate of drug-likeness (QED) is 0.341. The van der Waals surface area contributed by atoms with Gasteiger partial charge in [-0.3, -0.25) is 4.98 Å². The van der Waals surface area contributed by atoms with Gasteiger partial charge in [0.25, 0.3) is 0 Å². The van der Waals surface area contributed by atoms with Crippen molar-refractivity contribution >= 4 is 38.7 Å². The summed E-state index contributed by atoms with van der Waals surface area (Å²) in [6, 6.07) is 32.4. The van der Waals surface area contributed by atoms with Crippen molar-refractivity contribution in [1.29, 1.82) is 0 Å². The van der Waals surface area contributed by atoms with Gasteiger partial charge in [0.1, 0.15) is 0 Å².